The molecule has 7 nitrogen and oxygen atoms in total. The first-order valence-electron chi connectivity index (χ1n) is 7.62. The van der Waals surface area contributed by atoms with Gasteiger partial charge < -0.3 is 10.2 Å². The number of nitro groups is 1. The Labute approximate surface area is 126 Å². The lowest BCUT2D eigenvalue weighted by Crippen LogP contribution is -2.25. The summed E-state index contributed by atoms with van der Waals surface area (Å²) in [7, 11) is 0. The van der Waals surface area contributed by atoms with Crippen molar-refractivity contribution in [3.63, 3.8) is 0 Å². The molecule has 120 valence electrons. The van der Waals surface area contributed by atoms with E-state index in [1.54, 1.807) is 11.6 Å². The molecule has 0 radical (unpaired) electrons. The highest BCUT2D eigenvalue weighted by molar-refractivity contribution is 5.59. The second-order valence-electron chi connectivity index (χ2n) is 5.39. The standard InChI is InChI=1S/C14H27N5O2/c1-6-17(7-2)10-8-9-15-14-13(19(20)21)12(5)16-18(14)11(3)4/h11,15H,6-10H2,1-5H3. The van der Waals surface area contributed by atoms with Gasteiger partial charge in [-0.3, -0.25) is 10.1 Å². The van der Waals surface area contributed by atoms with Crippen LogP contribution < -0.4 is 5.32 Å². The van der Waals surface area contributed by atoms with Crippen molar-refractivity contribution in [3.8, 4) is 0 Å². The van der Waals surface area contributed by atoms with E-state index in [1.807, 2.05) is 13.8 Å². The van der Waals surface area contributed by atoms with Crippen LogP contribution in [-0.4, -0.2) is 45.8 Å². The smallest absolute Gasteiger partial charge is 0.333 e. The van der Waals surface area contributed by atoms with Gasteiger partial charge in [-0.1, -0.05) is 13.8 Å². The van der Waals surface area contributed by atoms with Gasteiger partial charge in [0.15, 0.2) is 0 Å². The van der Waals surface area contributed by atoms with Crippen molar-refractivity contribution in [1.82, 2.24) is 14.7 Å². The monoisotopic (exact) mass is 297 g/mol. The maximum atomic E-state index is 11.2. The fourth-order valence-electron chi connectivity index (χ4n) is 2.35. The van der Waals surface area contributed by atoms with Gasteiger partial charge in [-0.25, -0.2) is 4.68 Å². The molecule has 0 atom stereocenters. The van der Waals surface area contributed by atoms with Gasteiger partial charge in [-0.15, -0.1) is 0 Å². The molecule has 0 saturated heterocycles. The zero-order valence-electron chi connectivity index (χ0n) is 13.7. The predicted molar refractivity (Wildman–Crippen MR) is 84.9 cm³/mol. The number of rotatable bonds is 9. The van der Waals surface area contributed by atoms with Gasteiger partial charge in [0.1, 0.15) is 5.69 Å². The lowest BCUT2D eigenvalue weighted by atomic mass is 10.3. The van der Waals surface area contributed by atoms with E-state index in [0.29, 0.717) is 18.1 Å². The number of aryl methyl sites for hydroxylation is 1. The van der Waals surface area contributed by atoms with Gasteiger partial charge in [-0.2, -0.15) is 5.10 Å². The summed E-state index contributed by atoms with van der Waals surface area (Å²) in [6.07, 6.45) is 0.946. The lowest BCUT2D eigenvalue weighted by Gasteiger charge is -2.18. The molecule has 0 unspecified atom stereocenters. The highest BCUT2D eigenvalue weighted by Gasteiger charge is 2.26. The molecular weight excluding hydrogens is 270 g/mol. The van der Waals surface area contributed by atoms with Crippen LogP contribution in [0.15, 0.2) is 0 Å². The number of hydrogen-bond acceptors (Lipinski definition) is 5. The third kappa shape index (κ3) is 4.42. The topological polar surface area (TPSA) is 76.2 Å². The summed E-state index contributed by atoms with van der Waals surface area (Å²) in [6, 6.07) is 0.0858. The maximum Gasteiger partial charge on any atom is 0.333 e. The Balaban J connectivity index is 2.75. The van der Waals surface area contributed by atoms with E-state index in [2.05, 4.69) is 29.2 Å². The molecule has 0 amide bonds. The van der Waals surface area contributed by atoms with E-state index in [4.69, 9.17) is 0 Å². The summed E-state index contributed by atoms with van der Waals surface area (Å²) in [4.78, 5) is 13.2. The first-order chi connectivity index (χ1) is 9.92. The van der Waals surface area contributed by atoms with Gasteiger partial charge in [0.05, 0.1) is 4.92 Å². The summed E-state index contributed by atoms with van der Waals surface area (Å²) in [5, 5.41) is 18.7. The quantitative estimate of drug-likeness (QED) is 0.431. The molecule has 1 aromatic heterocycles. The molecule has 0 aromatic carbocycles. The molecule has 21 heavy (non-hydrogen) atoms. The number of nitrogens with zero attached hydrogens (tertiary/aromatic N) is 4. The van der Waals surface area contributed by atoms with Crippen LogP contribution in [-0.2, 0) is 0 Å². The minimum atomic E-state index is -0.353. The third-order valence-corrected chi connectivity index (χ3v) is 3.56. The minimum absolute atomic E-state index is 0.0858. The SMILES string of the molecule is CCN(CC)CCCNc1c([N+](=O)[O-])c(C)nn1C(C)C. The van der Waals surface area contributed by atoms with Crippen LogP contribution in [0.1, 0.15) is 45.9 Å². The van der Waals surface area contributed by atoms with Crippen LogP contribution in [0, 0.1) is 17.0 Å². The van der Waals surface area contributed by atoms with Crippen LogP contribution in [0.2, 0.25) is 0 Å². The molecule has 0 saturated carbocycles. The number of nitrogens with one attached hydrogen (secondary N) is 1. The van der Waals surface area contributed by atoms with E-state index >= 15 is 0 Å². The van der Waals surface area contributed by atoms with Crippen molar-refractivity contribution < 1.29 is 4.92 Å². The van der Waals surface area contributed by atoms with Crippen molar-refractivity contribution in [2.75, 3.05) is 31.5 Å². The molecule has 1 heterocycles. The molecule has 0 aliphatic carbocycles. The van der Waals surface area contributed by atoms with Gasteiger partial charge in [-0.05, 0) is 46.8 Å². The molecule has 1 N–H and O–H groups in total. The van der Waals surface area contributed by atoms with Crippen molar-refractivity contribution in [1.29, 1.82) is 0 Å². The zero-order chi connectivity index (χ0) is 16.0. The predicted octanol–water partition coefficient (Wildman–Crippen LogP) is 2.82. The molecule has 0 bridgehead atoms. The first kappa shape index (κ1) is 17.4. The van der Waals surface area contributed by atoms with E-state index in [1.165, 1.54) is 0 Å². The Morgan fingerprint density at radius 1 is 1.38 bits per heavy atom. The fourth-order valence-corrected chi connectivity index (χ4v) is 2.35. The normalized spacial score (nSPS) is 11.4. The number of hydrogen-bond donors (Lipinski definition) is 1. The summed E-state index contributed by atoms with van der Waals surface area (Å²) >= 11 is 0. The fraction of sp³-hybridized carbons (Fsp3) is 0.786. The lowest BCUT2D eigenvalue weighted by molar-refractivity contribution is -0.384. The third-order valence-electron chi connectivity index (χ3n) is 3.56. The number of aromatic nitrogens is 2. The average molecular weight is 297 g/mol. The second kappa shape index (κ2) is 7.97. The van der Waals surface area contributed by atoms with Crippen LogP contribution >= 0.6 is 0 Å². The Kier molecular flexibility index (Phi) is 6.61. The van der Waals surface area contributed by atoms with Gasteiger partial charge >= 0.3 is 5.69 Å². The van der Waals surface area contributed by atoms with Crippen LogP contribution in [0.5, 0.6) is 0 Å². The van der Waals surface area contributed by atoms with E-state index < -0.39 is 0 Å². The summed E-state index contributed by atoms with van der Waals surface area (Å²) in [6.45, 7) is 13.6. The molecule has 1 aromatic rings. The molecule has 0 spiro atoms. The molecular formula is C14H27N5O2. The summed E-state index contributed by atoms with van der Waals surface area (Å²) in [5.41, 5.74) is 0.548. The highest BCUT2D eigenvalue weighted by Crippen LogP contribution is 2.30. The molecule has 0 aliphatic rings. The Morgan fingerprint density at radius 2 is 2.00 bits per heavy atom. The molecule has 0 aliphatic heterocycles. The zero-order valence-corrected chi connectivity index (χ0v) is 13.7. The maximum absolute atomic E-state index is 11.2. The van der Waals surface area contributed by atoms with Crippen LogP contribution in [0.4, 0.5) is 11.5 Å². The highest BCUT2D eigenvalue weighted by atomic mass is 16.6. The van der Waals surface area contributed by atoms with E-state index in [9.17, 15) is 10.1 Å². The Hall–Kier alpha value is -1.63. The average Bonchev–Trinajstić information content (AvgIpc) is 2.76. The van der Waals surface area contributed by atoms with Crippen molar-refractivity contribution in [3.05, 3.63) is 15.8 Å². The van der Waals surface area contributed by atoms with E-state index in [0.717, 1.165) is 26.1 Å². The molecule has 0 fully saturated rings. The van der Waals surface area contributed by atoms with Crippen LogP contribution in [0.25, 0.3) is 0 Å². The van der Waals surface area contributed by atoms with Crippen molar-refractivity contribution in [2.45, 2.75) is 47.1 Å². The Bertz CT molecular complexity index is 466. The van der Waals surface area contributed by atoms with Crippen LogP contribution in [0.3, 0.4) is 0 Å². The first-order valence-corrected chi connectivity index (χ1v) is 7.62. The van der Waals surface area contributed by atoms with E-state index in [-0.39, 0.29) is 16.7 Å². The van der Waals surface area contributed by atoms with Crippen molar-refractivity contribution >= 4 is 11.5 Å². The van der Waals surface area contributed by atoms with Crippen molar-refractivity contribution in [2.24, 2.45) is 0 Å². The minimum Gasteiger partial charge on any atom is -0.364 e. The summed E-state index contributed by atoms with van der Waals surface area (Å²) in [5.74, 6) is 0.520. The second-order valence-corrected chi connectivity index (χ2v) is 5.39. The number of anilines is 1. The van der Waals surface area contributed by atoms with Gasteiger partial charge in [0.2, 0.25) is 5.82 Å². The molecule has 1 rings (SSSR count). The van der Waals surface area contributed by atoms with Gasteiger partial charge in [0, 0.05) is 12.6 Å². The Morgan fingerprint density at radius 3 is 2.48 bits per heavy atom. The molecule has 7 heteroatoms. The largest absolute Gasteiger partial charge is 0.364 e. The van der Waals surface area contributed by atoms with Gasteiger partial charge in [0.25, 0.3) is 0 Å². The summed E-state index contributed by atoms with van der Waals surface area (Å²) < 4.78 is 1.70.